The Labute approximate surface area is 168 Å². The Balaban J connectivity index is 1.42. The molecule has 1 aliphatic carbocycles. The molecule has 1 amide bonds. The molecular formula is C23H20N4O2. The van der Waals surface area contributed by atoms with E-state index in [1.165, 1.54) is 0 Å². The van der Waals surface area contributed by atoms with Crippen LogP contribution >= 0.6 is 0 Å². The minimum atomic E-state index is 0.0631. The second-order valence-corrected chi connectivity index (χ2v) is 7.20. The topological polar surface area (TPSA) is 69.0 Å². The standard InChI is InChI=1S/C23H20N4O2/c28-22(24-17-10-11-17)14-16-15-27(20-9-5-4-8-19(16)20)21-12-13-23(26-25-21)29-18-6-2-1-3-7-18/h1-9,12-13,15,17H,10-11,14H2,(H,24,28). The molecule has 4 aromatic rings. The molecule has 1 saturated carbocycles. The smallest absolute Gasteiger partial charge is 0.238 e. The summed E-state index contributed by atoms with van der Waals surface area (Å²) in [5.74, 6) is 1.88. The average Bonchev–Trinajstić information content (AvgIpc) is 3.49. The maximum atomic E-state index is 12.3. The van der Waals surface area contributed by atoms with Crippen molar-refractivity contribution in [2.24, 2.45) is 0 Å². The van der Waals surface area contributed by atoms with E-state index in [2.05, 4.69) is 15.5 Å². The van der Waals surface area contributed by atoms with E-state index in [1.807, 2.05) is 71.4 Å². The Morgan fingerprint density at radius 3 is 2.55 bits per heavy atom. The lowest BCUT2D eigenvalue weighted by Gasteiger charge is -2.06. The summed E-state index contributed by atoms with van der Waals surface area (Å²) in [5, 5.41) is 12.6. The monoisotopic (exact) mass is 384 g/mol. The van der Waals surface area contributed by atoms with Gasteiger partial charge in [-0.3, -0.25) is 9.36 Å². The molecule has 0 bridgehead atoms. The van der Waals surface area contributed by atoms with Crippen molar-refractivity contribution in [3.05, 3.63) is 78.5 Å². The van der Waals surface area contributed by atoms with Gasteiger partial charge in [0.1, 0.15) is 5.75 Å². The quantitative estimate of drug-likeness (QED) is 0.545. The number of ether oxygens (including phenoxy) is 1. The Morgan fingerprint density at radius 2 is 1.79 bits per heavy atom. The number of carbonyl (C=O) groups is 1. The van der Waals surface area contributed by atoms with E-state index < -0.39 is 0 Å². The highest BCUT2D eigenvalue weighted by atomic mass is 16.5. The molecule has 1 N–H and O–H groups in total. The Bertz CT molecular complexity index is 1150. The minimum absolute atomic E-state index is 0.0631. The summed E-state index contributed by atoms with van der Waals surface area (Å²) < 4.78 is 7.69. The lowest BCUT2D eigenvalue weighted by atomic mass is 10.1. The number of nitrogens with one attached hydrogen (secondary N) is 1. The van der Waals surface area contributed by atoms with Gasteiger partial charge < -0.3 is 10.1 Å². The maximum absolute atomic E-state index is 12.3. The van der Waals surface area contributed by atoms with E-state index in [-0.39, 0.29) is 5.91 Å². The lowest BCUT2D eigenvalue weighted by molar-refractivity contribution is -0.120. The fourth-order valence-electron chi connectivity index (χ4n) is 3.37. The van der Waals surface area contributed by atoms with Crippen molar-refractivity contribution in [3.8, 4) is 17.4 Å². The molecule has 0 spiro atoms. The highest BCUT2D eigenvalue weighted by molar-refractivity contribution is 5.90. The fraction of sp³-hybridized carbons (Fsp3) is 0.174. The van der Waals surface area contributed by atoms with Gasteiger partial charge in [-0.05, 0) is 42.7 Å². The van der Waals surface area contributed by atoms with E-state index in [1.54, 1.807) is 6.07 Å². The van der Waals surface area contributed by atoms with Crippen LogP contribution < -0.4 is 10.1 Å². The van der Waals surface area contributed by atoms with E-state index in [4.69, 9.17) is 4.74 Å². The normalized spacial score (nSPS) is 13.4. The van der Waals surface area contributed by atoms with Gasteiger partial charge in [-0.15, -0.1) is 10.2 Å². The van der Waals surface area contributed by atoms with Crippen LogP contribution in [0.5, 0.6) is 11.6 Å². The van der Waals surface area contributed by atoms with Gasteiger partial charge >= 0.3 is 0 Å². The Hall–Kier alpha value is -3.67. The molecule has 2 heterocycles. The van der Waals surface area contributed by atoms with Gasteiger partial charge in [0.05, 0.1) is 11.9 Å². The largest absolute Gasteiger partial charge is 0.438 e. The van der Waals surface area contributed by atoms with Crippen LogP contribution in [0.2, 0.25) is 0 Å². The SMILES string of the molecule is O=C(Cc1cn(-c2ccc(Oc3ccccc3)nn2)c2ccccc12)NC1CC1. The molecule has 5 rings (SSSR count). The molecule has 29 heavy (non-hydrogen) atoms. The Morgan fingerprint density at radius 1 is 1.00 bits per heavy atom. The molecule has 1 aliphatic rings. The van der Waals surface area contributed by atoms with Crippen molar-refractivity contribution < 1.29 is 9.53 Å². The summed E-state index contributed by atoms with van der Waals surface area (Å²) in [6.45, 7) is 0. The van der Waals surface area contributed by atoms with Crippen LogP contribution in [0.15, 0.2) is 72.9 Å². The van der Waals surface area contributed by atoms with Crippen molar-refractivity contribution in [3.63, 3.8) is 0 Å². The second kappa shape index (κ2) is 7.39. The van der Waals surface area contributed by atoms with Gasteiger partial charge in [0.15, 0.2) is 5.82 Å². The van der Waals surface area contributed by atoms with Crippen LogP contribution in [0.3, 0.4) is 0 Å². The van der Waals surface area contributed by atoms with E-state index in [9.17, 15) is 4.79 Å². The zero-order valence-corrected chi connectivity index (χ0v) is 15.8. The second-order valence-electron chi connectivity index (χ2n) is 7.20. The predicted octanol–water partition coefficient (Wildman–Crippen LogP) is 4.03. The van der Waals surface area contributed by atoms with Crippen LogP contribution in [0.1, 0.15) is 18.4 Å². The Kier molecular flexibility index (Phi) is 4.44. The van der Waals surface area contributed by atoms with Gasteiger partial charge in [0.2, 0.25) is 11.8 Å². The molecule has 6 nitrogen and oxygen atoms in total. The number of benzene rings is 2. The molecule has 2 aromatic carbocycles. The minimum Gasteiger partial charge on any atom is -0.438 e. The number of para-hydroxylation sites is 2. The van der Waals surface area contributed by atoms with Gasteiger partial charge in [0, 0.05) is 23.7 Å². The number of rotatable bonds is 6. The number of aromatic nitrogens is 3. The first-order chi connectivity index (χ1) is 14.3. The van der Waals surface area contributed by atoms with Gasteiger partial charge in [-0.25, -0.2) is 0 Å². The maximum Gasteiger partial charge on any atom is 0.238 e. The highest BCUT2D eigenvalue weighted by Gasteiger charge is 2.24. The zero-order chi connectivity index (χ0) is 19.6. The molecular weight excluding hydrogens is 364 g/mol. The first kappa shape index (κ1) is 17.4. The fourth-order valence-corrected chi connectivity index (χ4v) is 3.37. The van der Waals surface area contributed by atoms with E-state index in [0.717, 1.165) is 29.3 Å². The molecule has 0 aliphatic heterocycles. The van der Waals surface area contributed by atoms with Crippen LogP contribution in [0, 0.1) is 0 Å². The number of nitrogens with zero attached hydrogens (tertiary/aromatic N) is 3. The van der Waals surface area contributed by atoms with Crippen LogP contribution in [-0.4, -0.2) is 26.7 Å². The number of hydrogen-bond acceptors (Lipinski definition) is 4. The van der Waals surface area contributed by atoms with Crippen molar-refractivity contribution in [2.45, 2.75) is 25.3 Å². The number of hydrogen-bond donors (Lipinski definition) is 1. The predicted molar refractivity (Wildman–Crippen MR) is 110 cm³/mol. The summed E-state index contributed by atoms with van der Waals surface area (Å²) in [6, 6.07) is 21.5. The summed E-state index contributed by atoms with van der Waals surface area (Å²) in [4.78, 5) is 12.3. The zero-order valence-electron chi connectivity index (χ0n) is 15.8. The van der Waals surface area contributed by atoms with Crippen molar-refractivity contribution in [1.29, 1.82) is 0 Å². The van der Waals surface area contributed by atoms with Gasteiger partial charge in [-0.1, -0.05) is 36.4 Å². The van der Waals surface area contributed by atoms with Crippen molar-refractivity contribution in [2.75, 3.05) is 0 Å². The third-order valence-corrected chi connectivity index (χ3v) is 4.93. The molecule has 0 saturated heterocycles. The van der Waals surface area contributed by atoms with Gasteiger partial charge in [-0.2, -0.15) is 0 Å². The molecule has 2 aromatic heterocycles. The van der Waals surface area contributed by atoms with Crippen LogP contribution in [-0.2, 0) is 11.2 Å². The van der Waals surface area contributed by atoms with E-state index in [0.29, 0.717) is 29.9 Å². The average molecular weight is 384 g/mol. The summed E-state index contributed by atoms with van der Waals surface area (Å²) in [5.41, 5.74) is 1.97. The highest BCUT2D eigenvalue weighted by Crippen LogP contribution is 2.26. The van der Waals surface area contributed by atoms with Crippen molar-refractivity contribution >= 4 is 16.8 Å². The van der Waals surface area contributed by atoms with Crippen molar-refractivity contribution in [1.82, 2.24) is 20.1 Å². The number of fused-ring (bicyclic) bond motifs is 1. The summed E-state index contributed by atoms with van der Waals surface area (Å²) >= 11 is 0. The molecule has 1 fully saturated rings. The molecule has 0 unspecified atom stereocenters. The summed E-state index contributed by atoms with van der Waals surface area (Å²) in [6.07, 6.45) is 4.49. The van der Waals surface area contributed by atoms with Gasteiger partial charge in [0.25, 0.3) is 0 Å². The lowest BCUT2D eigenvalue weighted by Crippen LogP contribution is -2.26. The number of amides is 1. The third kappa shape index (κ3) is 3.82. The molecule has 0 radical (unpaired) electrons. The summed E-state index contributed by atoms with van der Waals surface area (Å²) in [7, 11) is 0. The number of carbonyl (C=O) groups excluding carboxylic acids is 1. The van der Waals surface area contributed by atoms with E-state index >= 15 is 0 Å². The van der Waals surface area contributed by atoms with Crippen LogP contribution in [0.25, 0.3) is 16.7 Å². The molecule has 6 heteroatoms. The third-order valence-electron chi connectivity index (χ3n) is 4.93. The molecule has 0 atom stereocenters. The first-order valence-corrected chi connectivity index (χ1v) is 9.71. The first-order valence-electron chi connectivity index (χ1n) is 9.71. The molecule has 144 valence electrons. The van der Waals surface area contributed by atoms with Crippen LogP contribution in [0.4, 0.5) is 0 Å².